The normalized spacial score (nSPS) is 11.9. The monoisotopic (exact) mass is 514 g/mol. The zero-order valence-corrected chi connectivity index (χ0v) is 25.6. The number of benzene rings is 3. The zero-order chi connectivity index (χ0) is 28.9. The van der Waals surface area contributed by atoms with Crippen molar-refractivity contribution in [2.75, 3.05) is 0 Å². The van der Waals surface area contributed by atoms with E-state index in [0.717, 1.165) is 12.0 Å². The molecule has 3 rings (SSSR count). The Kier molecular flexibility index (Phi) is 12.5. The fraction of sp³-hybridized carbons (Fsp3) is 0.256. The molecule has 3 aromatic rings. The van der Waals surface area contributed by atoms with Gasteiger partial charge in [0.15, 0.2) is 0 Å². The highest BCUT2D eigenvalue weighted by atomic mass is 14.1. The van der Waals surface area contributed by atoms with Crippen molar-refractivity contribution < 1.29 is 0 Å². The number of hydrogen-bond donors (Lipinski definition) is 0. The quantitative estimate of drug-likeness (QED) is 0.217. The van der Waals surface area contributed by atoms with Gasteiger partial charge in [0.25, 0.3) is 0 Å². The average Bonchev–Trinajstić information content (AvgIpc) is 2.91. The zero-order valence-electron chi connectivity index (χ0n) is 25.6. The van der Waals surface area contributed by atoms with Crippen molar-refractivity contribution in [3.63, 3.8) is 0 Å². The topological polar surface area (TPSA) is 0 Å². The minimum atomic E-state index is 1.08. The first kappa shape index (κ1) is 31.4. The van der Waals surface area contributed by atoms with Gasteiger partial charge in [-0.2, -0.15) is 0 Å². The van der Waals surface area contributed by atoms with Gasteiger partial charge >= 0.3 is 0 Å². The van der Waals surface area contributed by atoms with Crippen molar-refractivity contribution >= 4 is 11.6 Å². The Morgan fingerprint density at radius 2 is 1.38 bits per heavy atom. The molecule has 0 fully saturated rings. The molecule has 202 valence electrons. The Bertz CT molecular complexity index is 1440. The van der Waals surface area contributed by atoms with Gasteiger partial charge in [0.2, 0.25) is 0 Å². The van der Waals surface area contributed by atoms with Crippen LogP contribution in [0.1, 0.15) is 77.3 Å². The van der Waals surface area contributed by atoms with Crippen LogP contribution in [0.15, 0.2) is 108 Å². The molecule has 0 saturated heterocycles. The molecule has 0 atom stereocenters. The molecule has 0 aromatic heterocycles. The largest absolute Gasteiger partial charge is 0.119 e. The van der Waals surface area contributed by atoms with Crippen LogP contribution in [-0.2, 0) is 0 Å². The van der Waals surface area contributed by atoms with Gasteiger partial charge in [0.05, 0.1) is 0 Å². The van der Waals surface area contributed by atoms with E-state index in [4.69, 9.17) is 0 Å². The van der Waals surface area contributed by atoms with Crippen LogP contribution in [0.5, 0.6) is 0 Å². The van der Waals surface area contributed by atoms with Crippen LogP contribution >= 0.6 is 0 Å². The van der Waals surface area contributed by atoms with E-state index in [1.54, 1.807) is 0 Å². The van der Waals surface area contributed by atoms with Gasteiger partial charge in [-0.3, -0.25) is 0 Å². The predicted octanol–water partition coefficient (Wildman–Crippen LogP) is 11.3. The number of aryl methyl sites for hydroxylation is 5. The lowest BCUT2D eigenvalue weighted by Gasteiger charge is -2.12. The van der Waals surface area contributed by atoms with Crippen molar-refractivity contribution in [1.29, 1.82) is 0 Å². The molecule has 0 unspecified atom stereocenters. The first-order chi connectivity index (χ1) is 18.6. The number of rotatable bonds is 7. The Labute approximate surface area is 238 Å². The van der Waals surface area contributed by atoms with E-state index in [2.05, 4.69) is 166 Å². The highest BCUT2D eigenvalue weighted by Crippen LogP contribution is 2.28. The van der Waals surface area contributed by atoms with Crippen LogP contribution < -0.4 is 0 Å². The Morgan fingerprint density at radius 3 is 2.00 bits per heavy atom. The van der Waals surface area contributed by atoms with Gasteiger partial charge in [0, 0.05) is 5.57 Å². The van der Waals surface area contributed by atoms with Crippen molar-refractivity contribution in [2.24, 2.45) is 0 Å². The van der Waals surface area contributed by atoms with Crippen LogP contribution in [0, 0.1) is 41.5 Å². The second-order valence-electron chi connectivity index (χ2n) is 10.3. The highest BCUT2D eigenvalue weighted by molar-refractivity contribution is 5.81. The first-order valence-electron chi connectivity index (χ1n) is 13.9. The molecule has 0 radical (unpaired) electrons. The third-order valence-corrected chi connectivity index (χ3v) is 7.32. The fourth-order valence-corrected chi connectivity index (χ4v) is 4.10. The maximum atomic E-state index is 3.87. The Morgan fingerprint density at radius 1 is 0.718 bits per heavy atom. The standard InChI is InChI=1S/C20H26.C19H20/c1-6-7-8-9-10-11-16(2)18(4)14-20-13-12-17(3)19(5)15-20;1-6-18(17-11-10-13(2)15(4)12-17)19-9-7-8-14(3)16(19)5/h7-15H,6H2,1-5H3;7-12H,1H2,2-5H3/b8-7?,10-9+,16-11-,18-14-;. The van der Waals surface area contributed by atoms with E-state index in [0.29, 0.717) is 0 Å². The second-order valence-corrected chi connectivity index (χ2v) is 10.3. The van der Waals surface area contributed by atoms with Gasteiger partial charge in [0.1, 0.15) is 0 Å². The molecule has 0 heterocycles. The number of allylic oxidation sites excluding steroid dienone is 7. The summed E-state index contributed by atoms with van der Waals surface area (Å²) in [7, 11) is 0. The molecule has 0 heteroatoms. The lowest BCUT2D eigenvalue weighted by Crippen LogP contribution is -1.94. The van der Waals surface area contributed by atoms with Gasteiger partial charge in [-0.15, -0.1) is 5.73 Å². The maximum absolute atomic E-state index is 3.87. The third-order valence-electron chi connectivity index (χ3n) is 7.32. The Balaban J connectivity index is 0.000000274. The van der Waals surface area contributed by atoms with Crippen molar-refractivity contribution in [3.8, 4) is 0 Å². The predicted molar refractivity (Wildman–Crippen MR) is 175 cm³/mol. The fourth-order valence-electron chi connectivity index (χ4n) is 4.10. The molecule has 39 heavy (non-hydrogen) atoms. The van der Waals surface area contributed by atoms with Crippen LogP contribution in [0.3, 0.4) is 0 Å². The molecule has 0 saturated carbocycles. The van der Waals surface area contributed by atoms with E-state index in [-0.39, 0.29) is 0 Å². The molecule has 0 amide bonds. The molecule has 3 aromatic carbocycles. The van der Waals surface area contributed by atoms with Crippen LogP contribution in [0.25, 0.3) is 11.6 Å². The smallest absolute Gasteiger partial charge is 0.0306 e. The molecular weight excluding hydrogens is 468 g/mol. The molecule has 0 nitrogen and oxygen atoms in total. The lowest BCUT2D eigenvalue weighted by molar-refractivity contribution is 1.22. The summed E-state index contributed by atoms with van der Waals surface area (Å²) in [5.74, 6) is 0. The lowest BCUT2D eigenvalue weighted by atomic mass is 9.91. The van der Waals surface area contributed by atoms with E-state index < -0.39 is 0 Å². The van der Waals surface area contributed by atoms with Gasteiger partial charge in [-0.05, 0) is 123 Å². The molecule has 0 aliphatic carbocycles. The second kappa shape index (κ2) is 15.5. The molecule has 0 bridgehead atoms. The summed E-state index contributed by atoms with van der Waals surface area (Å²) in [4.78, 5) is 0. The summed E-state index contributed by atoms with van der Waals surface area (Å²) >= 11 is 0. The van der Waals surface area contributed by atoms with Crippen LogP contribution in [0.2, 0.25) is 0 Å². The minimum absolute atomic E-state index is 1.08. The van der Waals surface area contributed by atoms with Crippen molar-refractivity contribution in [3.05, 3.63) is 159 Å². The molecule has 0 aliphatic heterocycles. The minimum Gasteiger partial charge on any atom is -0.119 e. The molecule has 0 spiro atoms. The summed E-state index contributed by atoms with van der Waals surface area (Å²) in [5.41, 5.74) is 18.4. The summed E-state index contributed by atoms with van der Waals surface area (Å²) in [6, 6.07) is 19.5. The SMILES string of the molecule is C=C=C(c1ccc(C)c(C)c1)c1cccc(C)c1C.CCC=C/C=C/C=C(C)\C(C)=C/c1ccc(C)c(C)c1. The van der Waals surface area contributed by atoms with Crippen molar-refractivity contribution in [1.82, 2.24) is 0 Å². The van der Waals surface area contributed by atoms with Gasteiger partial charge < -0.3 is 0 Å². The van der Waals surface area contributed by atoms with Crippen molar-refractivity contribution in [2.45, 2.75) is 68.7 Å². The van der Waals surface area contributed by atoms with E-state index in [9.17, 15) is 0 Å². The van der Waals surface area contributed by atoms with Crippen LogP contribution in [0.4, 0.5) is 0 Å². The summed E-state index contributed by atoms with van der Waals surface area (Å²) in [6.07, 6.45) is 13.9. The average molecular weight is 515 g/mol. The Hall–Kier alpha value is -3.86. The van der Waals surface area contributed by atoms with E-state index in [1.807, 2.05) is 0 Å². The third kappa shape index (κ3) is 9.43. The van der Waals surface area contributed by atoms with Gasteiger partial charge in [-0.1, -0.05) is 105 Å². The van der Waals surface area contributed by atoms with Crippen LogP contribution in [-0.4, -0.2) is 0 Å². The molecule has 0 N–H and O–H groups in total. The van der Waals surface area contributed by atoms with E-state index >= 15 is 0 Å². The molecule has 0 aliphatic rings. The van der Waals surface area contributed by atoms with Gasteiger partial charge in [-0.25, -0.2) is 0 Å². The number of hydrogen-bond acceptors (Lipinski definition) is 0. The summed E-state index contributed by atoms with van der Waals surface area (Å²) < 4.78 is 0. The van der Waals surface area contributed by atoms with E-state index in [1.165, 1.54) is 61.2 Å². The first-order valence-corrected chi connectivity index (χ1v) is 13.9. The highest BCUT2D eigenvalue weighted by Gasteiger charge is 2.09. The maximum Gasteiger partial charge on any atom is 0.0306 e. The summed E-state index contributed by atoms with van der Waals surface area (Å²) in [5, 5.41) is 0. The molecular formula is C39H46. The summed E-state index contributed by atoms with van der Waals surface area (Å²) in [6.45, 7) is 23.2.